The minimum absolute atomic E-state index is 0.148. The molecule has 0 aromatic heterocycles. The summed E-state index contributed by atoms with van der Waals surface area (Å²) >= 11 is 1.14. The van der Waals surface area contributed by atoms with Crippen molar-refractivity contribution in [1.82, 2.24) is 10.2 Å². The summed E-state index contributed by atoms with van der Waals surface area (Å²) in [4.78, 5) is 53.2. The Morgan fingerprint density at radius 2 is 1.73 bits per heavy atom. The van der Waals surface area contributed by atoms with Gasteiger partial charge >= 0.3 is 5.97 Å². The van der Waals surface area contributed by atoms with Crippen LogP contribution in [0.2, 0.25) is 0 Å². The van der Waals surface area contributed by atoms with Gasteiger partial charge in [-0.2, -0.15) is 0 Å². The van der Waals surface area contributed by atoms with E-state index in [0.29, 0.717) is 18.6 Å². The maximum Gasteiger partial charge on any atom is 0.336 e. The fourth-order valence-corrected chi connectivity index (χ4v) is 8.57. The number of carboxylic acid groups (broad SMARTS) is 1. The monoisotopic (exact) mass is 772 g/mol. The lowest BCUT2D eigenvalue weighted by molar-refractivity contribution is -0.140. The van der Waals surface area contributed by atoms with Crippen LogP contribution in [-0.2, 0) is 29.8 Å². The Hall–Kier alpha value is -4.63. The number of nitrogens with zero attached hydrogens (tertiary/aromatic N) is 1. The topological polar surface area (TPSA) is 279 Å². The normalized spacial score (nSPS) is 16.3. The van der Waals surface area contributed by atoms with Crippen LogP contribution in [0.5, 0.6) is 11.5 Å². The van der Waals surface area contributed by atoms with Crippen molar-refractivity contribution in [2.45, 2.75) is 47.4 Å². The minimum atomic E-state index is -5.50. The molecule has 6 N–H and O–H groups in total. The molecule has 16 nitrogen and oxygen atoms in total. The van der Waals surface area contributed by atoms with Gasteiger partial charge in [-0.3, -0.25) is 24.6 Å². The Balaban J connectivity index is 1.90. The first-order valence-corrected chi connectivity index (χ1v) is 19.5. The molecule has 1 saturated heterocycles. The quantitative estimate of drug-likeness (QED) is 0.0440. The van der Waals surface area contributed by atoms with E-state index in [0.717, 1.165) is 40.9 Å². The second-order valence-electron chi connectivity index (χ2n) is 11.7. The average Bonchev–Trinajstić information content (AvgIpc) is 3.34. The zero-order valence-electron chi connectivity index (χ0n) is 27.4. The van der Waals surface area contributed by atoms with Gasteiger partial charge in [0, 0.05) is 46.2 Å². The summed E-state index contributed by atoms with van der Waals surface area (Å²) in [5, 5.41) is 11.9. The highest BCUT2D eigenvalue weighted by molar-refractivity contribution is 8.00. The van der Waals surface area contributed by atoms with Crippen LogP contribution in [0.25, 0.3) is 12.2 Å². The summed E-state index contributed by atoms with van der Waals surface area (Å²) in [5.41, 5.74) is 8.79. The van der Waals surface area contributed by atoms with Gasteiger partial charge in [0.25, 0.3) is 0 Å². The molecule has 52 heavy (non-hydrogen) atoms. The maximum atomic E-state index is 14.8. The van der Waals surface area contributed by atoms with Crippen molar-refractivity contribution >= 4 is 73.4 Å². The van der Waals surface area contributed by atoms with E-state index < -0.39 is 98.9 Å². The molecule has 0 spiro atoms. The van der Waals surface area contributed by atoms with E-state index in [1.54, 1.807) is 0 Å². The summed E-state index contributed by atoms with van der Waals surface area (Å²) in [7, 11) is -10.9. The van der Waals surface area contributed by atoms with E-state index in [2.05, 4.69) is 11.9 Å². The summed E-state index contributed by atoms with van der Waals surface area (Å²) in [6, 6.07) is 8.03. The molecule has 1 fully saturated rings. The van der Waals surface area contributed by atoms with Gasteiger partial charge in [0.2, 0.25) is 17.6 Å². The van der Waals surface area contributed by atoms with E-state index in [1.165, 1.54) is 18.2 Å². The largest absolute Gasteiger partial charge is 0.744 e. The van der Waals surface area contributed by atoms with Crippen molar-refractivity contribution in [3.8, 4) is 11.5 Å². The molecular formula is C33H32N4O12S3-2. The van der Waals surface area contributed by atoms with E-state index in [9.17, 15) is 50.2 Å². The number of ketones is 1. The van der Waals surface area contributed by atoms with Crippen LogP contribution in [-0.4, -0.2) is 89.8 Å². The predicted octanol–water partition coefficient (Wildman–Crippen LogP) is 0.256. The molecule has 5 rings (SSSR count). The van der Waals surface area contributed by atoms with Gasteiger partial charge in [0.1, 0.15) is 30.0 Å². The van der Waals surface area contributed by atoms with E-state index in [4.69, 9.17) is 16.2 Å². The Morgan fingerprint density at radius 3 is 2.35 bits per heavy atom. The molecule has 276 valence electrons. The number of aromatic carboxylic acids is 1. The zero-order valence-corrected chi connectivity index (χ0v) is 29.9. The van der Waals surface area contributed by atoms with Crippen LogP contribution >= 0.6 is 11.8 Å². The molecule has 0 saturated carbocycles. The first kappa shape index (κ1) is 38.6. The molecule has 0 bridgehead atoms. The van der Waals surface area contributed by atoms with Crippen molar-refractivity contribution in [3.63, 3.8) is 0 Å². The Morgan fingerprint density at radius 1 is 1.06 bits per heavy atom. The Labute approximate surface area is 302 Å². The van der Waals surface area contributed by atoms with Crippen molar-refractivity contribution in [1.29, 1.82) is 0 Å². The number of carbonyl (C=O) groups is 4. The standard InChI is InChI=1S/C33H34N4O12S3/c1-3-4-13-36-31(37-23(38)15-22(32(37)40)50-14-12-34)26(39)17-6-5-7-20(33(41)42)24(17)25-18-9-8-16(2)29(51(43,44)45)27(18)49-28-19(25)10-11-21(35)30(28)52(46,47)48/h5-11,22,31,36H,2-4,12-15,34-35H2,1H3,(H,41,42)(H,43,44,45)(H,46,47,48)/p-2. The minimum Gasteiger partial charge on any atom is -0.744 e. The van der Waals surface area contributed by atoms with Crippen LogP contribution in [0.4, 0.5) is 5.69 Å². The van der Waals surface area contributed by atoms with Gasteiger partial charge < -0.3 is 30.4 Å². The third-order valence-electron chi connectivity index (χ3n) is 8.34. The number of rotatable bonds is 14. The Kier molecular flexibility index (Phi) is 11.0. The summed E-state index contributed by atoms with van der Waals surface area (Å²) in [5.74, 6) is -5.21. The number of hydrogen-bond donors (Lipinski definition) is 4. The highest BCUT2D eigenvalue weighted by Gasteiger charge is 2.46. The smallest absolute Gasteiger partial charge is 0.336 e. The number of hydrogen-bond acceptors (Lipinski definition) is 15. The van der Waals surface area contributed by atoms with Gasteiger partial charge in [-0.15, -0.1) is 11.8 Å². The van der Waals surface area contributed by atoms with Crippen LogP contribution in [0.15, 0.2) is 52.3 Å². The number of imide groups is 1. The van der Waals surface area contributed by atoms with Crippen molar-refractivity contribution in [2.75, 3.05) is 24.6 Å². The van der Waals surface area contributed by atoms with E-state index >= 15 is 0 Å². The number of unbranched alkanes of at least 4 members (excludes halogenated alkanes) is 1. The molecule has 2 atom stereocenters. The number of amides is 2. The summed E-state index contributed by atoms with van der Waals surface area (Å²) in [6.07, 6.45) is -0.714. The van der Waals surface area contributed by atoms with Crippen molar-refractivity contribution < 1.29 is 55.0 Å². The molecule has 19 heteroatoms. The van der Waals surface area contributed by atoms with Gasteiger partial charge in [-0.1, -0.05) is 38.1 Å². The van der Waals surface area contributed by atoms with Crippen LogP contribution in [0.1, 0.15) is 58.0 Å². The number of anilines is 1. The molecule has 2 unspecified atom stereocenters. The molecule has 2 amide bonds. The number of nitrogens with two attached hydrogens (primary N) is 2. The van der Waals surface area contributed by atoms with Crippen LogP contribution in [0.3, 0.4) is 0 Å². The van der Waals surface area contributed by atoms with Crippen LogP contribution in [0, 0.1) is 0 Å². The third kappa shape index (κ3) is 7.07. The number of carbonyl (C=O) groups excluding carboxylic acids is 3. The number of carboxylic acids is 1. The number of nitrogens with one attached hydrogen (secondary N) is 1. The zero-order chi connectivity index (χ0) is 38.3. The summed E-state index contributed by atoms with van der Waals surface area (Å²) in [6.45, 7) is 5.80. The first-order chi connectivity index (χ1) is 24.4. The molecule has 2 heterocycles. The SMILES string of the molecule is C=c1ccc2c(c1S(=O)(=O)[O-])Oc1c(ccc(N)c1S(=O)(=O)[O-])C=2c1c(C(=O)O)cccc1C(=O)C(NCCCC)N1C(=O)CC(SCCN)C1=O. The number of thioether (sulfide) groups is 1. The average molecular weight is 773 g/mol. The summed E-state index contributed by atoms with van der Waals surface area (Å²) < 4.78 is 81.1. The molecule has 3 aromatic carbocycles. The molecule has 2 aliphatic heterocycles. The molecule has 3 aromatic rings. The first-order valence-electron chi connectivity index (χ1n) is 15.6. The van der Waals surface area contributed by atoms with Crippen LogP contribution < -0.4 is 32.0 Å². The number of Topliss-reactive ketones (excluding diaryl/α,β-unsaturated/α-hetero) is 1. The number of likely N-dealkylation sites (tertiary alicyclic amines) is 1. The van der Waals surface area contributed by atoms with Crippen molar-refractivity contribution in [3.05, 3.63) is 75.2 Å². The fourth-order valence-electron chi connectivity index (χ4n) is 6.13. The lowest BCUT2D eigenvalue weighted by Crippen LogP contribution is -2.54. The van der Waals surface area contributed by atoms with Gasteiger partial charge in [-0.25, -0.2) is 21.6 Å². The molecule has 0 aliphatic carbocycles. The van der Waals surface area contributed by atoms with E-state index in [1.807, 2.05) is 6.92 Å². The molecular weight excluding hydrogens is 741 g/mol. The van der Waals surface area contributed by atoms with Gasteiger partial charge in [-0.05, 0) is 42.4 Å². The van der Waals surface area contributed by atoms with Crippen molar-refractivity contribution in [2.24, 2.45) is 5.73 Å². The predicted molar refractivity (Wildman–Crippen MR) is 186 cm³/mol. The second kappa shape index (κ2) is 14.8. The lowest BCUT2D eigenvalue weighted by atomic mass is 9.84. The number of ether oxygens (including phenoxy) is 1. The number of benzene rings is 3. The number of nitrogen functional groups attached to an aromatic ring is 1. The molecule has 0 radical (unpaired) electrons. The fraction of sp³-hybridized carbons (Fsp3) is 0.273. The van der Waals surface area contributed by atoms with Gasteiger partial charge in [0.05, 0.1) is 16.5 Å². The van der Waals surface area contributed by atoms with Gasteiger partial charge in [0.15, 0.2) is 17.7 Å². The number of fused-ring (bicyclic) bond motifs is 2. The molecule has 2 aliphatic rings. The maximum absolute atomic E-state index is 14.8. The second-order valence-corrected chi connectivity index (χ2v) is 15.7. The van der Waals surface area contributed by atoms with E-state index in [-0.39, 0.29) is 41.1 Å². The highest BCUT2D eigenvalue weighted by Crippen LogP contribution is 2.45. The third-order valence-corrected chi connectivity index (χ3v) is 11.5. The Bertz CT molecular complexity index is 2360. The lowest BCUT2D eigenvalue weighted by Gasteiger charge is -2.30. The highest BCUT2D eigenvalue weighted by atomic mass is 32.2.